The van der Waals surface area contributed by atoms with Crippen LogP contribution in [0.25, 0.3) is 0 Å². The molecule has 0 heterocycles. The minimum absolute atomic E-state index is 1.01. The van der Waals surface area contributed by atoms with Crippen molar-refractivity contribution in [2.75, 3.05) is 0 Å². The second-order valence-corrected chi connectivity index (χ2v) is 3.84. The maximum atomic E-state index is 3.86. The van der Waals surface area contributed by atoms with Crippen LogP contribution in [0, 0.1) is 0 Å². The van der Waals surface area contributed by atoms with Gasteiger partial charge in [-0.3, -0.25) is 0 Å². The molecule has 0 aromatic carbocycles. The van der Waals surface area contributed by atoms with Crippen LogP contribution in [0.4, 0.5) is 0 Å². The molecule has 1 aliphatic rings. The highest BCUT2D eigenvalue weighted by atomic mass is 14.1. The SMILES string of the molecule is C=C/C(=C\C=C/C)CC1=CCCC=C1C. The van der Waals surface area contributed by atoms with Crippen LogP contribution in [0.2, 0.25) is 0 Å². The number of hydrogen-bond acceptors (Lipinski definition) is 0. The van der Waals surface area contributed by atoms with E-state index in [1.807, 2.05) is 19.1 Å². The van der Waals surface area contributed by atoms with E-state index >= 15 is 0 Å². The van der Waals surface area contributed by atoms with Gasteiger partial charge in [0.05, 0.1) is 0 Å². The molecule has 15 heavy (non-hydrogen) atoms. The highest BCUT2D eigenvalue weighted by Gasteiger charge is 2.05. The quantitative estimate of drug-likeness (QED) is 0.575. The van der Waals surface area contributed by atoms with Crippen LogP contribution in [0.3, 0.4) is 0 Å². The highest BCUT2D eigenvalue weighted by Crippen LogP contribution is 2.24. The molecule has 1 aliphatic carbocycles. The zero-order chi connectivity index (χ0) is 11.1. The average Bonchev–Trinajstić information content (AvgIpc) is 2.26. The maximum absolute atomic E-state index is 3.86. The van der Waals surface area contributed by atoms with Gasteiger partial charge in [-0.1, -0.05) is 48.6 Å². The largest absolute Gasteiger partial charge is 0.0988 e. The van der Waals surface area contributed by atoms with E-state index in [0.29, 0.717) is 0 Å². The Balaban J connectivity index is 2.71. The molecular formula is C15H20. The first-order valence-electron chi connectivity index (χ1n) is 5.58. The van der Waals surface area contributed by atoms with Crippen molar-refractivity contribution in [1.29, 1.82) is 0 Å². The monoisotopic (exact) mass is 200 g/mol. The van der Waals surface area contributed by atoms with Gasteiger partial charge in [-0.2, -0.15) is 0 Å². The van der Waals surface area contributed by atoms with Crippen molar-refractivity contribution >= 4 is 0 Å². The summed E-state index contributed by atoms with van der Waals surface area (Å²) < 4.78 is 0. The second kappa shape index (κ2) is 6.23. The Hall–Kier alpha value is -1.30. The average molecular weight is 200 g/mol. The summed E-state index contributed by atoms with van der Waals surface area (Å²) in [5, 5.41) is 0. The van der Waals surface area contributed by atoms with Crippen molar-refractivity contribution in [1.82, 2.24) is 0 Å². The summed E-state index contributed by atoms with van der Waals surface area (Å²) in [5.41, 5.74) is 4.17. The van der Waals surface area contributed by atoms with Gasteiger partial charge in [0.25, 0.3) is 0 Å². The molecule has 0 nitrogen and oxygen atoms in total. The van der Waals surface area contributed by atoms with Gasteiger partial charge >= 0.3 is 0 Å². The molecule has 0 fully saturated rings. The van der Waals surface area contributed by atoms with E-state index in [1.165, 1.54) is 29.6 Å². The van der Waals surface area contributed by atoms with E-state index in [4.69, 9.17) is 0 Å². The van der Waals surface area contributed by atoms with E-state index in [2.05, 4.69) is 37.8 Å². The predicted octanol–water partition coefficient (Wildman–Crippen LogP) is 4.73. The molecule has 0 bridgehead atoms. The second-order valence-electron chi connectivity index (χ2n) is 3.84. The molecule has 0 amide bonds. The molecule has 0 aliphatic heterocycles. The lowest BCUT2D eigenvalue weighted by Gasteiger charge is -2.13. The summed E-state index contributed by atoms with van der Waals surface area (Å²) in [5.74, 6) is 0. The Bertz CT molecular complexity index is 335. The van der Waals surface area contributed by atoms with Gasteiger partial charge in [0, 0.05) is 0 Å². The van der Waals surface area contributed by atoms with E-state index in [-0.39, 0.29) is 0 Å². The van der Waals surface area contributed by atoms with Crippen LogP contribution in [0.5, 0.6) is 0 Å². The molecule has 0 radical (unpaired) electrons. The van der Waals surface area contributed by atoms with Crippen molar-refractivity contribution in [2.45, 2.75) is 33.1 Å². The summed E-state index contributed by atoms with van der Waals surface area (Å²) in [4.78, 5) is 0. The molecule has 0 N–H and O–H groups in total. The molecular weight excluding hydrogens is 180 g/mol. The normalized spacial score (nSPS) is 17.6. The van der Waals surface area contributed by atoms with Gasteiger partial charge in [-0.05, 0) is 44.3 Å². The number of rotatable bonds is 4. The lowest BCUT2D eigenvalue weighted by Crippen LogP contribution is -1.93. The van der Waals surface area contributed by atoms with Crippen molar-refractivity contribution in [3.8, 4) is 0 Å². The minimum atomic E-state index is 1.01. The fourth-order valence-corrected chi connectivity index (χ4v) is 1.70. The topological polar surface area (TPSA) is 0 Å². The zero-order valence-corrected chi connectivity index (χ0v) is 9.79. The molecule has 0 aromatic rings. The fourth-order valence-electron chi connectivity index (χ4n) is 1.70. The van der Waals surface area contributed by atoms with E-state index in [9.17, 15) is 0 Å². The molecule has 0 aromatic heterocycles. The Morgan fingerprint density at radius 3 is 2.73 bits per heavy atom. The van der Waals surface area contributed by atoms with Crippen LogP contribution >= 0.6 is 0 Å². The zero-order valence-electron chi connectivity index (χ0n) is 9.79. The molecule has 0 spiro atoms. The first-order chi connectivity index (χ1) is 7.27. The number of allylic oxidation sites excluding steroid dienone is 9. The third-order valence-electron chi connectivity index (χ3n) is 2.67. The Morgan fingerprint density at radius 2 is 2.13 bits per heavy atom. The number of hydrogen-bond donors (Lipinski definition) is 0. The first-order valence-corrected chi connectivity index (χ1v) is 5.58. The highest BCUT2D eigenvalue weighted by molar-refractivity contribution is 5.38. The summed E-state index contributed by atoms with van der Waals surface area (Å²) >= 11 is 0. The third-order valence-corrected chi connectivity index (χ3v) is 2.67. The van der Waals surface area contributed by atoms with Crippen LogP contribution in [-0.2, 0) is 0 Å². The molecule has 1 rings (SSSR count). The summed E-state index contributed by atoms with van der Waals surface area (Å²) in [6.07, 6.45) is 16.3. The lowest BCUT2D eigenvalue weighted by molar-refractivity contribution is 0.964. The van der Waals surface area contributed by atoms with Gasteiger partial charge < -0.3 is 0 Å². The fraction of sp³-hybridized carbons (Fsp3) is 0.333. The van der Waals surface area contributed by atoms with Crippen molar-refractivity contribution < 1.29 is 0 Å². The molecule has 0 saturated carbocycles. The molecule has 0 saturated heterocycles. The van der Waals surface area contributed by atoms with Crippen LogP contribution in [0.1, 0.15) is 33.1 Å². The van der Waals surface area contributed by atoms with Gasteiger partial charge in [0.2, 0.25) is 0 Å². The molecule has 80 valence electrons. The summed E-state index contributed by atoms with van der Waals surface area (Å²) in [7, 11) is 0. The van der Waals surface area contributed by atoms with Crippen molar-refractivity contribution in [3.05, 3.63) is 59.8 Å². The third kappa shape index (κ3) is 3.75. The smallest absolute Gasteiger partial charge is 0.00266 e. The standard InChI is InChI=1S/C15H20/c1-4-6-10-14(5-2)12-15-11-8-7-9-13(15)3/h4-6,9-11H,2,7-8,12H2,1,3H3/b6-4-,14-10+. The Morgan fingerprint density at radius 1 is 1.40 bits per heavy atom. The minimum Gasteiger partial charge on any atom is -0.0988 e. The van der Waals surface area contributed by atoms with Gasteiger partial charge in [-0.25, -0.2) is 0 Å². The van der Waals surface area contributed by atoms with Crippen molar-refractivity contribution in [3.63, 3.8) is 0 Å². The Labute approximate surface area is 93.4 Å². The van der Waals surface area contributed by atoms with Gasteiger partial charge in [0.1, 0.15) is 0 Å². The van der Waals surface area contributed by atoms with E-state index < -0.39 is 0 Å². The Kier molecular flexibility index (Phi) is 4.89. The van der Waals surface area contributed by atoms with E-state index in [1.54, 1.807) is 0 Å². The summed E-state index contributed by atoms with van der Waals surface area (Å²) in [6, 6.07) is 0. The summed E-state index contributed by atoms with van der Waals surface area (Å²) in [6.45, 7) is 8.08. The first kappa shape index (κ1) is 11.8. The van der Waals surface area contributed by atoms with E-state index in [0.717, 1.165) is 6.42 Å². The molecule has 0 heteroatoms. The van der Waals surface area contributed by atoms with Crippen LogP contribution in [0.15, 0.2) is 59.8 Å². The molecule has 0 unspecified atom stereocenters. The van der Waals surface area contributed by atoms with Gasteiger partial charge in [-0.15, -0.1) is 0 Å². The van der Waals surface area contributed by atoms with Crippen LogP contribution in [-0.4, -0.2) is 0 Å². The predicted molar refractivity (Wildman–Crippen MR) is 68.8 cm³/mol. The van der Waals surface area contributed by atoms with Crippen LogP contribution < -0.4 is 0 Å². The lowest BCUT2D eigenvalue weighted by atomic mass is 9.93. The molecule has 0 atom stereocenters. The maximum Gasteiger partial charge on any atom is -0.00266 e. The van der Waals surface area contributed by atoms with Crippen molar-refractivity contribution in [2.24, 2.45) is 0 Å². The van der Waals surface area contributed by atoms with Gasteiger partial charge in [0.15, 0.2) is 0 Å².